The van der Waals surface area contributed by atoms with Crippen LogP contribution in [0, 0.1) is 11.8 Å². The van der Waals surface area contributed by atoms with E-state index in [4.69, 9.17) is 13.9 Å². The van der Waals surface area contributed by atoms with Crippen molar-refractivity contribution in [1.29, 1.82) is 0 Å². The summed E-state index contributed by atoms with van der Waals surface area (Å²) in [6.07, 6.45) is -7.38. The van der Waals surface area contributed by atoms with E-state index in [0.29, 0.717) is 10.8 Å². The number of rotatable bonds is 7. The molecule has 0 aliphatic carbocycles. The number of ether oxygens (including phenoxy) is 2. The van der Waals surface area contributed by atoms with Crippen LogP contribution in [0.2, 0.25) is 18.1 Å². The molecular weight excluding hydrogens is 533 g/mol. The first-order valence-electron chi connectivity index (χ1n) is 12.4. The summed E-state index contributed by atoms with van der Waals surface area (Å²) in [5.41, 5.74) is -4.77. The SMILES string of the molecule is CC#CCO[C@H]1C[C@H](n2cc(C(F)(F)F)c(=O)n(C(=O)c3ccccc3)c2=O)O[C@@H]1CO[Si](C)(C)C(C)(C)C. The zero-order chi connectivity index (χ0) is 29.2. The largest absolute Gasteiger partial charge is 0.423 e. The van der Waals surface area contributed by atoms with Crippen LogP contribution in [0.15, 0.2) is 46.1 Å². The molecule has 1 aromatic heterocycles. The zero-order valence-electron chi connectivity index (χ0n) is 22.8. The van der Waals surface area contributed by atoms with E-state index in [1.807, 2.05) is 13.1 Å². The van der Waals surface area contributed by atoms with E-state index in [-0.39, 0.29) is 34.8 Å². The van der Waals surface area contributed by atoms with Gasteiger partial charge in [-0.3, -0.25) is 14.2 Å². The van der Waals surface area contributed by atoms with Crippen molar-refractivity contribution in [2.45, 2.75) is 76.9 Å². The predicted octanol–water partition coefficient (Wildman–Crippen LogP) is 4.44. The van der Waals surface area contributed by atoms with Gasteiger partial charge >= 0.3 is 11.9 Å². The van der Waals surface area contributed by atoms with E-state index in [2.05, 4.69) is 32.6 Å². The topological polar surface area (TPSA) is 88.8 Å². The summed E-state index contributed by atoms with van der Waals surface area (Å²) < 4.78 is 60.4. The number of nitrogens with zero attached hydrogens (tertiary/aromatic N) is 2. The first-order valence-corrected chi connectivity index (χ1v) is 15.3. The van der Waals surface area contributed by atoms with Gasteiger partial charge in [-0.05, 0) is 37.2 Å². The molecule has 1 aromatic carbocycles. The molecule has 0 unspecified atom stereocenters. The summed E-state index contributed by atoms with van der Waals surface area (Å²) in [6.45, 7) is 12.0. The molecule has 3 rings (SSSR count). The van der Waals surface area contributed by atoms with Crippen LogP contribution < -0.4 is 11.2 Å². The van der Waals surface area contributed by atoms with Crippen molar-refractivity contribution in [1.82, 2.24) is 9.13 Å². The maximum Gasteiger partial charge on any atom is 0.423 e. The van der Waals surface area contributed by atoms with Crippen LogP contribution in [-0.2, 0) is 20.1 Å². The highest BCUT2D eigenvalue weighted by molar-refractivity contribution is 6.74. The van der Waals surface area contributed by atoms with Crippen LogP contribution >= 0.6 is 0 Å². The third-order valence-corrected chi connectivity index (χ3v) is 11.6. The molecule has 0 N–H and O–H groups in total. The van der Waals surface area contributed by atoms with Crippen LogP contribution in [-0.4, -0.2) is 48.8 Å². The lowest BCUT2D eigenvalue weighted by atomic mass is 10.2. The summed E-state index contributed by atoms with van der Waals surface area (Å²) in [4.78, 5) is 39.1. The Morgan fingerprint density at radius 3 is 2.36 bits per heavy atom. The molecule has 0 spiro atoms. The Bertz CT molecular complexity index is 1370. The van der Waals surface area contributed by atoms with E-state index in [9.17, 15) is 27.6 Å². The maximum absolute atomic E-state index is 13.9. The molecule has 1 fully saturated rings. The van der Waals surface area contributed by atoms with Crippen molar-refractivity contribution in [3.05, 3.63) is 68.5 Å². The van der Waals surface area contributed by atoms with Crippen LogP contribution in [0.25, 0.3) is 0 Å². The standard InChI is InChI=1S/C27H33F3N2O6Si/c1-7-8-14-36-20-15-22(38-21(20)17-37-39(5,6)26(2,3)4)31-16-19(27(28,29)30)24(34)32(25(31)35)23(33)18-12-10-9-11-13-18/h9-13,16,20-22H,14-15,17H2,1-6H3/t20-,21+,22+/m0/s1. The van der Waals surface area contributed by atoms with Gasteiger partial charge < -0.3 is 13.9 Å². The minimum absolute atomic E-state index is 0.000602. The average Bonchev–Trinajstić information content (AvgIpc) is 3.24. The molecule has 2 aromatic rings. The molecule has 0 saturated carbocycles. The summed E-state index contributed by atoms with van der Waals surface area (Å²) in [7, 11) is -2.23. The normalized spacial score (nSPS) is 20.0. The second-order valence-corrected chi connectivity index (χ2v) is 15.6. The van der Waals surface area contributed by atoms with Crippen molar-refractivity contribution < 1.29 is 31.9 Å². The number of benzene rings is 1. The Hall–Kier alpha value is -2.98. The van der Waals surface area contributed by atoms with Gasteiger partial charge in [-0.15, -0.1) is 5.92 Å². The Labute approximate surface area is 225 Å². The highest BCUT2D eigenvalue weighted by Crippen LogP contribution is 2.38. The summed E-state index contributed by atoms with van der Waals surface area (Å²) >= 11 is 0. The van der Waals surface area contributed by atoms with E-state index in [0.717, 1.165) is 0 Å². The number of hydrogen-bond acceptors (Lipinski definition) is 6. The molecule has 1 saturated heterocycles. The van der Waals surface area contributed by atoms with Crippen molar-refractivity contribution in [2.24, 2.45) is 0 Å². The van der Waals surface area contributed by atoms with E-state index >= 15 is 0 Å². The number of alkyl halides is 3. The van der Waals surface area contributed by atoms with Crippen LogP contribution in [0.3, 0.4) is 0 Å². The molecule has 0 radical (unpaired) electrons. The quantitative estimate of drug-likeness (QED) is 0.364. The molecule has 39 heavy (non-hydrogen) atoms. The highest BCUT2D eigenvalue weighted by Gasteiger charge is 2.44. The monoisotopic (exact) mass is 566 g/mol. The van der Waals surface area contributed by atoms with Gasteiger partial charge in [0, 0.05) is 18.2 Å². The van der Waals surface area contributed by atoms with E-state index < -0.39 is 55.6 Å². The third kappa shape index (κ3) is 6.78. The lowest BCUT2D eigenvalue weighted by Gasteiger charge is -2.37. The molecular formula is C27H33F3N2O6Si. The van der Waals surface area contributed by atoms with Gasteiger partial charge in [-0.1, -0.05) is 44.9 Å². The lowest BCUT2D eigenvalue weighted by molar-refractivity contribution is -0.139. The number of halogens is 3. The molecule has 12 heteroatoms. The maximum atomic E-state index is 13.9. The predicted molar refractivity (Wildman–Crippen MR) is 141 cm³/mol. The van der Waals surface area contributed by atoms with Gasteiger partial charge in [0.05, 0.1) is 12.7 Å². The highest BCUT2D eigenvalue weighted by atomic mass is 28.4. The molecule has 0 bridgehead atoms. The van der Waals surface area contributed by atoms with Gasteiger partial charge in [0.15, 0.2) is 8.32 Å². The second-order valence-electron chi connectivity index (χ2n) is 10.8. The second kappa shape index (κ2) is 11.6. The van der Waals surface area contributed by atoms with Gasteiger partial charge in [0.2, 0.25) is 0 Å². The Morgan fingerprint density at radius 1 is 1.15 bits per heavy atom. The van der Waals surface area contributed by atoms with Crippen molar-refractivity contribution in [2.75, 3.05) is 13.2 Å². The zero-order valence-corrected chi connectivity index (χ0v) is 23.8. The Kier molecular flexibility index (Phi) is 9.12. The summed E-state index contributed by atoms with van der Waals surface area (Å²) in [5.74, 6) is 4.30. The van der Waals surface area contributed by atoms with Crippen LogP contribution in [0.1, 0.15) is 56.3 Å². The first-order chi connectivity index (χ1) is 18.1. The van der Waals surface area contributed by atoms with Gasteiger partial charge in [0.25, 0.3) is 11.5 Å². The van der Waals surface area contributed by atoms with Crippen LogP contribution in [0.4, 0.5) is 13.2 Å². The van der Waals surface area contributed by atoms with E-state index in [1.165, 1.54) is 24.3 Å². The molecule has 1 aliphatic heterocycles. The fraction of sp³-hybridized carbons (Fsp3) is 0.519. The van der Waals surface area contributed by atoms with Crippen molar-refractivity contribution in [3.8, 4) is 11.8 Å². The third-order valence-electron chi connectivity index (χ3n) is 7.09. The summed E-state index contributed by atoms with van der Waals surface area (Å²) in [6, 6.07) is 7.14. The lowest BCUT2D eigenvalue weighted by Crippen LogP contribution is -2.47. The summed E-state index contributed by atoms with van der Waals surface area (Å²) in [5, 5.41) is -0.110. The van der Waals surface area contributed by atoms with Crippen molar-refractivity contribution in [3.63, 3.8) is 0 Å². The molecule has 212 valence electrons. The molecule has 1 aliphatic rings. The minimum atomic E-state index is -5.12. The van der Waals surface area contributed by atoms with Gasteiger partial charge in [-0.25, -0.2) is 4.79 Å². The smallest absolute Gasteiger partial charge is 0.414 e. The molecule has 0 amide bonds. The van der Waals surface area contributed by atoms with Gasteiger partial charge in [0.1, 0.15) is 24.5 Å². The van der Waals surface area contributed by atoms with E-state index in [1.54, 1.807) is 13.0 Å². The fourth-order valence-electron chi connectivity index (χ4n) is 3.79. The average molecular weight is 567 g/mol. The Balaban J connectivity index is 2.05. The Morgan fingerprint density at radius 2 is 1.79 bits per heavy atom. The first kappa shape index (κ1) is 30.6. The molecule has 3 atom stereocenters. The number of carbonyl (C=O) groups is 1. The molecule has 8 nitrogen and oxygen atoms in total. The molecule has 2 heterocycles. The minimum Gasteiger partial charge on any atom is -0.414 e. The number of aromatic nitrogens is 2. The number of carbonyl (C=O) groups excluding carboxylic acids is 1. The number of hydrogen-bond donors (Lipinski definition) is 0. The van der Waals surface area contributed by atoms with Gasteiger partial charge in [-0.2, -0.15) is 17.7 Å². The van der Waals surface area contributed by atoms with Crippen LogP contribution in [0.5, 0.6) is 0 Å². The van der Waals surface area contributed by atoms with Crippen molar-refractivity contribution >= 4 is 14.2 Å². The fourth-order valence-corrected chi connectivity index (χ4v) is 4.80.